The number of rotatable bonds is 7. The van der Waals surface area contributed by atoms with Gasteiger partial charge in [-0.1, -0.05) is 20.3 Å². The van der Waals surface area contributed by atoms with Crippen LogP contribution in [0, 0.1) is 11.8 Å². The van der Waals surface area contributed by atoms with Crippen LogP contribution in [0.2, 0.25) is 0 Å². The third-order valence-electron chi connectivity index (χ3n) is 4.85. The summed E-state index contributed by atoms with van der Waals surface area (Å²) in [7, 11) is 0. The van der Waals surface area contributed by atoms with Crippen molar-refractivity contribution in [3.63, 3.8) is 0 Å². The van der Waals surface area contributed by atoms with E-state index in [0.717, 1.165) is 23.9 Å². The van der Waals surface area contributed by atoms with Gasteiger partial charge in [0.05, 0.1) is 0 Å². The van der Waals surface area contributed by atoms with E-state index < -0.39 is 0 Å². The Kier molecular flexibility index (Phi) is 4.87. The molecule has 2 rings (SSSR count). The van der Waals surface area contributed by atoms with Gasteiger partial charge < -0.3 is 5.32 Å². The predicted molar refractivity (Wildman–Crippen MR) is 74.2 cm³/mol. The normalized spacial score (nSPS) is 28.6. The molecule has 2 fully saturated rings. The Balaban J connectivity index is 1.86. The molecule has 2 nitrogen and oxygen atoms in total. The Morgan fingerprint density at radius 1 is 1.18 bits per heavy atom. The average molecular weight is 238 g/mol. The number of nitrogens with zero attached hydrogens (tertiary/aromatic N) is 1. The minimum Gasteiger partial charge on any atom is -0.313 e. The van der Waals surface area contributed by atoms with Crippen molar-refractivity contribution in [3.8, 4) is 0 Å². The van der Waals surface area contributed by atoms with Gasteiger partial charge in [0.1, 0.15) is 0 Å². The molecule has 3 unspecified atom stereocenters. The molecule has 3 atom stereocenters. The van der Waals surface area contributed by atoms with Crippen molar-refractivity contribution < 1.29 is 0 Å². The maximum atomic E-state index is 3.65. The third-order valence-corrected chi connectivity index (χ3v) is 4.85. The molecular formula is C15H30N2. The molecule has 1 aliphatic carbocycles. The fourth-order valence-electron chi connectivity index (χ4n) is 2.94. The third kappa shape index (κ3) is 3.96. The van der Waals surface area contributed by atoms with Crippen molar-refractivity contribution in [1.29, 1.82) is 0 Å². The number of nitrogens with one attached hydrogen (secondary N) is 1. The highest BCUT2D eigenvalue weighted by Gasteiger charge is 2.30. The second-order valence-corrected chi connectivity index (χ2v) is 6.32. The Hall–Kier alpha value is -0.0800. The fraction of sp³-hybridized carbons (Fsp3) is 1.00. The maximum Gasteiger partial charge on any atom is 0.0195 e. The van der Waals surface area contributed by atoms with Gasteiger partial charge in [-0.05, 0) is 51.0 Å². The average Bonchev–Trinajstić information content (AvgIpc) is 3.00. The van der Waals surface area contributed by atoms with Crippen LogP contribution in [0.5, 0.6) is 0 Å². The lowest BCUT2D eigenvalue weighted by atomic mass is 9.98. The van der Waals surface area contributed by atoms with E-state index in [1.165, 1.54) is 51.7 Å². The quantitative estimate of drug-likeness (QED) is 0.733. The van der Waals surface area contributed by atoms with Crippen LogP contribution in [0.25, 0.3) is 0 Å². The van der Waals surface area contributed by atoms with E-state index in [1.54, 1.807) is 0 Å². The van der Waals surface area contributed by atoms with E-state index >= 15 is 0 Å². The standard InChI is InChI=1S/C15H30N2/c1-4-12(2)13(3)17(10-14-7-8-14)11-15-6-5-9-16-15/h12-16H,4-11H2,1-3H3. The zero-order valence-corrected chi connectivity index (χ0v) is 11.9. The Labute approximate surface area is 107 Å². The molecule has 2 aliphatic rings. The van der Waals surface area contributed by atoms with Crippen LogP contribution in [0.4, 0.5) is 0 Å². The van der Waals surface area contributed by atoms with Crippen molar-refractivity contribution in [2.45, 2.75) is 65.0 Å². The van der Waals surface area contributed by atoms with Crippen LogP contribution >= 0.6 is 0 Å². The van der Waals surface area contributed by atoms with Gasteiger partial charge in [0.15, 0.2) is 0 Å². The minimum absolute atomic E-state index is 0.753. The number of hydrogen-bond acceptors (Lipinski definition) is 2. The van der Waals surface area contributed by atoms with Gasteiger partial charge in [-0.15, -0.1) is 0 Å². The zero-order chi connectivity index (χ0) is 12.3. The smallest absolute Gasteiger partial charge is 0.0195 e. The molecule has 0 bridgehead atoms. The highest BCUT2D eigenvalue weighted by molar-refractivity contribution is 4.85. The van der Waals surface area contributed by atoms with E-state index in [2.05, 4.69) is 31.0 Å². The lowest BCUT2D eigenvalue weighted by molar-refractivity contribution is 0.140. The molecule has 100 valence electrons. The second-order valence-electron chi connectivity index (χ2n) is 6.32. The largest absolute Gasteiger partial charge is 0.313 e. The fourth-order valence-corrected chi connectivity index (χ4v) is 2.94. The van der Waals surface area contributed by atoms with Gasteiger partial charge >= 0.3 is 0 Å². The van der Waals surface area contributed by atoms with Gasteiger partial charge in [0.25, 0.3) is 0 Å². The molecule has 1 heterocycles. The molecule has 1 saturated heterocycles. The Morgan fingerprint density at radius 3 is 2.47 bits per heavy atom. The molecule has 0 amide bonds. The summed E-state index contributed by atoms with van der Waals surface area (Å²) in [5, 5.41) is 3.65. The van der Waals surface area contributed by atoms with E-state index in [9.17, 15) is 0 Å². The first-order chi connectivity index (χ1) is 8.20. The minimum atomic E-state index is 0.753. The highest BCUT2D eigenvalue weighted by Crippen LogP contribution is 2.31. The first kappa shape index (κ1) is 13.4. The zero-order valence-electron chi connectivity index (χ0n) is 11.9. The van der Waals surface area contributed by atoms with Gasteiger partial charge in [-0.2, -0.15) is 0 Å². The molecule has 1 saturated carbocycles. The summed E-state index contributed by atoms with van der Waals surface area (Å²) in [6, 6.07) is 1.52. The summed E-state index contributed by atoms with van der Waals surface area (Å²) in [4.78, 5) is 2.77. The van der Waals surface area contributed by atoms with E-state index in [4.69, 9.17) is 0 Å². The van der Waals surface area contributed by atoms with Crippen molar-refractivity contribution >= 4 is 0 Å². The van der Waals surface area contributed by atoms with Crippen LogP contribution < -0.4 is 5.32 Å². The predicted octanol–water partition coefficient (Wildman–Crippen LogP) is 2.89. The summed E-state index contributed by atoms with van der Waals surface area (Å²) in [5.41, 5.74) is 0. The van der Waals surface area contributed by atoms with Gasteiger partial charge in [-0.25, -0.2) is 0 Å². The molecule has 0 spiro atoms. The summed E-state index contributed by atoms with van der Waals surface area (Å²) in [6.07, 6.45) is 7.01. The molecule has 0 aromatic rings. The first-order valence-corrected chi connectivity index (χ1v) is 7.68. The van der Waals surface area contributed by atoms with Gasteiger partial charge in [-0.3, -0.25) is 4.90 Å². The van der Waals surface area contributed by atoms with Crippen molar-refractivity contribution in [2.24, 2.45) is 11.8 Å². The molecule has 1 N–H and O–H groups in total. The van der Waals surface area contributed by atoms with Crippen LogP contribution in [0.15, 0.2) is 0 Å². The molecular weight excluding hydrogens is 208 g/mol. The molecule has 1 aliphatic heterocycles. The molecule has 17 heavy (non-hydrogen) atoms. The van der Waals surface area contributed by atoms with Crippen molar-refractivity contribution in [1.82, 2.24) is 10.2 Å². The topological polar surface area (TPSA) is 15.3 Å². The van der Waals surface area contributed by atoms with E-state index in [-0.39, 0.29) is 0 Å². The maximum absolute atomic E-state index is 3.65. The lowest BCUT2D eigenvalue weighted by Gasteiger charge is -2.35. The summed E-state index contributed by atoms with van der Waals surface area (Å²) in [5.74, 6) is 1.85. The van der Waals surface area contributed by atoms with Crippen molar-refractivity contribution in [3.05, 3.63) is 0 Å². The monoisotopic (exact) mass is 238 g/mol. The summed E-state index contributed by atoms with van der Waals surface area (Å²) in [6.45, 7) is 11.0. The summed E-state index contributed by atoms with van der Waals surface area (Å²) >= 11 is 0. The van der Waals surface area contributed by atoms with E-state index in [0.29, 0.717) is 0 Å². The Morgan fingerprint density at radius 2 is 1.94 bits per heavy atom. The first-order valence-electron chi connectivity index (χ1n) is 7.68. The highest BCUT2D eigenvalue weighted by atomic mass is 15.2. The van der Waals surface area contributed by atoms with Gasteiger partial charge in [0, 0.05) is 25.2 Å². The molecule has 0 aromatic carbocycles. The van der Waals surface area contributed by atoms with Crippen molar-refractivity contribution in [2.75, 3.05) is 19.6 Å². The lowest BCUT2D eigenvalue weighted by Crippen LogP contribution is -2.45. The second kappa shape index (κ2) is 6.19. The molecule has 0 radical (unpaired) electrons. The SMILES string of the molecule is CCC(C)C(C)N(CC1CC1)CC1CCCN1. The summed E-state index contributed by atoms with van der Waals surface area (Å²) < 4.78 is 0. The van der Waals surface area contributed by atoms with Crippen LogP contribution in [0.1, 0.15) is 52.9 Å². The van der Waals surface area contributed by atoms with Crippen LogP contribution in [0.3, 0.4) is 0 Å². The van der Waals surface area contributed by atoms with Crippen LogP contribution in [-0.2, 0) is 0 Å². The Bertz CT molecular complexity index is 219. The number of hydrogen-bond donors (Lipinski definition) is 1. The van der Waals surface area contributed by atoms with E-state index in [1.807, 2.05) is 0 Å². The molecule has 0 aromatic heterocycles. The van der Waals surface area contributed by atoms with Crippen LogP contribution in [-0.4, -0.2) is 36.6 Å². The molecule has 2 heteroatoms. The van der Waals surface area contributed by atoms with Gasteiger partial charge in [0.2, 0.25) is 0 Å².